The van der Waals surface area contributed by atoms with E-state index in [9.17, 15) is 18.3 Å². The summed E-state index contributed by atoms with van der Waals surface area (Å²) >= 11 is 1.55. The van der Waals surface area contributed by atoms with Gasteiger partial charge in [0, 0.05) is 16.2 Å². The van der Waals surface area contributed by atoms with Gasteiger partial charge in [-0.05, 0) is 38.3 Å². The van der Waals surface area contributed by atoms with Crippen LogP contribution in [-0.4, -0.2) is 11.3 Å². The van der Waals surface area contributed by atoms with Crippen molar-refractivity contribution >= 4 is 11.3 Å². The molecule has 0 radical (unpaired) electrons. The summed E-state index contributed by atoms with van der Waals surface area (Å²) in [5, 5.41) is 9.75. The smallest absolute Gasteiger partial charge is 0.388 e. The number of hydrogen-bond donors (Lipinski definition) is 1. The predicted molar refractivity (Wildman–Crippen MR) is 58.7 cm³/mol. The Morgan fingerprint density at radius 1 is 1.38 bits per heavy atom. The summed E-state index contributed by atoms with van der Waals surface area (Å²) in [7, 11) is 0. The second kappa shape index (κ2) is 5.19. The number of halogens is 3. The lowest BCUT2D eigenvalue weighted by molar-refractivity contribution is -0.136. The van der Waals surface area contributed by atoms with Crippen molar-refractivity contribution in [2.45, 2.75) is 45.4 Å². The fourth-order valence-electron chi connectivity index (χ4n) is 1.63. The van der Waals surface area contributed by atoms with E-state index in [-0.39, 0.29) is 12.8 Å². The standard InChI is InChI=1S/C11H15F3OS/c1-7-6-9(8(2)16-7)10(15)4-3-5-11(12,13)14/h6,10,15H,3-5H2,1-2H3. The third-order valence-electron chi connectivity index (χ3n) is 2.38. The van der Waals surface area contributed by atoms with Crippen LogP contribution in [0.3, 0.4) is 0 Å². The summed E-state index contributed by atoms with van der Waals surface area (Å²) in [5.41, 5.74) is 0.768. The lowest BCUT2D eigenvalue weighted by Gasteiger charge is -2.11. The van der Waals surface area contributed by atoms with E-state index in [0.717, 1.165) is 15.3 Å². The van der Waals surface area contributed by atoms with Crippen molar-refractivity contribution < 1.29 is 18.3 Å². The van der Waals surface area contributed by atoms with E-state index in [4.69, 9.17) is 0 Å². The molecule has 16 heavy (non-hydrogen) atoms. The first-order valence-corrected chi connectivity index (χ1v) is 5.93. The van der Waals surface area contributed by atoms with Gasteiger partial charge in [0.15, 0.2) is 0 Å². The number of aryl methyl sites for hydroxylation is 2. The maximum absolute atomic E-state index is 11.9. The van der Waals surface area contributed by atoms with Gasteiger partial charge in [-0.15, -0.1) is 11.3 Å². The molecule has 1 N–H and O–H groups in total. The second-order valence-electron chi connectivity index (χ2n) is 3.89. The van der Waals surface area contributed by atoms with E-state index in [2.05, 4.69) is 0 Å². The van der Waals surface area contributed by atoms with Gasteiger partial charge in [-0.1, -0.05) is 0 Å². The molecule has 0 aromatic carbocycles. The van der Waals surface area contributed by atoms with Crippen molar-refractivity contribution in [1.82, 2.24) is 0 Å². The van der Waals surface area contributed by atoms with Crippen LogP contribution in [0.4, 0.5) is 13.2 Å². The Morgan fingerprint density at radius 2 is 2.00 bits per heavy atom. The molecule has 1 unspecified atom stereocenters. The summed E-state index contributed by atoms with van der Waals surface area (Å²) in [6.07, 6.45) is -5.59. The van der Waals surface area contributed by atoms with Crippen LogP contribution in [0.25, 0.3) is 0 Å². The third-order valence-corrected chi connectivity index (χ3v) is 3.36. The molecule has 0 saturated heterocycles. The molecule has 0 aliphatic heterocycles. The minimum Gasteiger partial charge on any atom is -0.388 e. The molecule has 0 saturated carbocycles. The number of aliphatic hydroxyl groups excluding tert-OH is 1. The predicted octanol–water partition coefficient (Wildman–Crippen LogP) is 4.13. The Bertz CT molecular complexity index is 343. The quantitative estimate of drug-likeness (QED) is 0.854. The Balaban J connectivity index is 2.47. The molecule has 0 spiro atoms. The molecule has 0 fully saturated rings. The van der Waals surface area contributed by atoms with Crippen molar-refractivity contribution in [2.24, 2.45) is 0 Å². The molecule has 92 valence electrons. The van der Waals surface area contributed by atoms with E-state index < -0.39 is 18.7 Å². The van der Waals surface area contributed by atoms with Gasteiger partial charge in [-0.3, -0.25) is 0 Å². The van der Waals surface area contributed by atoms with Crippen molar-refractivity contribution in [1.29, 1.82) is 0 Å². The maximum Gasteiger partial charge on any atom is 0.389 e. The van der Waals surface area contributed by atoms with E-state index in [1.807, 2.05) is 19.9 Å². The average Bonchev–Trinajstić information content (AvgIpc) is 2.43. The number of alkyl halides is 3. The highest BCUT2D eigenvalue weighted by Gasteiger charge is 2.26. The Labute approximate surface area is 96.9 Å². The fraction of sp³-hybridized carbons (Fsp3) is 0.636. The van der Waals surface area contributed by atoms with E-state index >= 15 is 0 Å². The Morgan fingerprint density at radius 3 is 2.44 bits per heavy atom. The molecule has 1 rings (SSSR count). The second-order valence-corrected chi connectivity index (χ2v) is 5.35. The largest absolute Gasteiger partial charge is 0.389 e. The number of hydrogen-bond acceptors (Lipinski definition) is 2. The fourth-order valence-corrected chi connectivity index (χ4v) is 2.61. The molecule has 1 atom stereocenters. The molecule has 1 aromatic rings. The van der Waals surface area contributed by atoms with Crippen LogP contribution in [0.1, 0.15) is 40.7 Å². The topological polar surface area (TPSA) is 20.2 Å². The molecule has 0 aliphatic rings. The van der Waals surface area contributed by atoms with Crippen LogP contribution in [0.2, 0.25) is 0 Å². The van der Waals surface area contributed by atoms with Gasteiger partial charge >= 0.3 is 6.18 Å². The normalized spacial score (nSPS) is 14.1. The van der Waals surface area contributed by atoms with Gasteiger partial charge < -0.3 is 5.11 Å². The monoisotopic (exact) mass is 252 g/mol. The Hall–Kier alpha value is -0.550. The van der Waals surface area contributed by atoms with Gasteiger partial charge in [0.1, 0.15) is 0 Å². The van der Waals surface area contributed by atoms with Crippen molar-refractivity contribution in [3.63, 3.8) is 0 Å². The molecular weight excluding hydrogens is 237 g/mol. The van der Waals surface area contributed by atoms with Crippen molar-refractivity contribution in [3.8, 4) is 0 Å². The van der Waals surface area contributed by atoms with Gasteiger partial charge in [0.05, 0.1) is 6.10 Å². The number of aliphatic hydroxyl groups is 1. The minimum atomic E-state index is -4.13. The molecule has 1 aromatic heterocycles. The average molecular weight is 252 g/mol. The lowest BCUT2D eigenvalue weighted by atomic mass is 10.0. The molecule has 0 amide bonds. The highest BCUT2D eigenvalue weighted by atomic mass is 32.1. The highest BCUT2D eigenvalue weighted by molar-refractivity contribution is 7.12. The van der Waals surface area contributed by atoms with Crippen LogP contribution in [0, 0.1) is 13.8 Å². The molecule has 0 aliphatic carbocycles. The van der Waals surface area contributed by atoms with Crippen LogP contribution < -0.4 is 0 Å². The van der Waals surface area contributed by atoms with E-state index in [0.29, 0.717) is 0 Å². The summed E-state index contributed by atoms with van der Waals surface area (Å²) in [5.74, 6) is 0. The first-order chi connectivity index (χ1) is 7.29. The third kappa shape index (κ3) is 4.14. The van der Waals surface area contributed by atoms with E-state index in [1.165, 1.54) is 0 Å². The Kier molecular flexibility index (Phi) is 4.38. The maximum atomic E-state index is 11.9. The van der Waals surface area contributed by atoms with Crippen LogP contribution in [0.5, 0.6) is 0 Å². The zero-order valence-electron chi connectivity index (χ0n) is 9.27. The SMILES string of the molecule is Cc1cc(C(O)CCCC(F)(F)F)c(C)s1. The lowest BCUT2D eigenvalue weighted by Crippen LogP contribution is -2.08. The zero-order valence-corrected chi connectivity index (χ0v) is 10.1. The van der Waals surface area contributed by atoms with Crippen LogP contribution in [-0.2, 0) is 0 Å². The van der Waals surface area contributed by atoms with Crippen molar-refractivity contribution in [2.75, 3.05) is 0 Å². The van der Waals surface area contributed by atoms with Crippen LogP contribution in [0.15, 0.2) is 6.07 Å². The van der Waals surface area contributed by atoms with Crippen molar-refractivity contribution in [3.05, 3.63) is 21.4 Å². The zero-order chi connectivity index (χ0) is 12.3. The summed E-state index contributed by atoms with van der Waals surface area (Å²) in [6.45, 7) is 3.80. The first-order valence-electron chi connectivity index (χ1n) is 5.11. The molecule has 0 bridgehead atoms. The molecular formula is C11H15F3OS. The molecule has 5 heteroatoms. The first kappa shape index (κ1) is 13.5. The van der Waals surface area contributed by atoms with Crippen LogP contribution >= 0.6 is 11.3 Å². The number of rotatable bonds is 4. The molecule has 1 nitrogen and oxygen atoms in total. The van der Waals surface area contributed by atoms with Gasteiger partial charge in [-0.2, -0.15) is 13.2 Å². The summed E-state index contributed by atoms with van der Waals surface area (Å²) in [6, 6.07) is 1.85. The van der Waals surface area contributed by atoms with Gasteiger partial charge in [0.25, 0.3) is 0 Å². The van der Waals surface area contributed by atoms with E-state index in [1.54, 1.807) is 11.3 Å². The van der Waals surface area contributed by atoms with Gasteiger partial charge in [-0.25, -0.2) is 0 Å². The minimum absolute atomic E-state index is 0.0288. The highest BCUT2D eigenvalue weighted by Crippen LogP contribution is 2.31. The molecule has 1 heterocycles. The summed E-state index contributed by atoms with van der Waals surface area (Å²) < 4.78 is 35.7. The summed E-state index contributed by atoms with van der Waals surface area (Å²) in [4.78, 5) is 2.05. The van der Waals surface area contributed by atoms with Gasteiger partial charge in [0.2, 0.25) is 0 Å². The number of thiophene rings is 1.